The number of hydrogen-bond acceptors (Lipinski definition) is 6. The number of nitro benzene ring substituents is 1. The third-order valence-corrected chi connectivity index (χ3v) is 3.79. The predicted octanol–water partition coefficient (Wildman–Crippen LogP) is 3.05. The van der Waals surface area contributed by atoms with Gasteiger partial charge in [0.25, 0.3) is 5.69 Å². The molecule has 0 bridgehead atoms. The molecule has 0 atom stereocenters. The van der Waals surface area contributed by atoms with Crippen LogP contribution in [0.2, 0.25) is 0 Å². The third kappa shape index (κ3) is 4.56. The maximum atomic E-state index is 12.1. The van der Waals surface area contributed by atoms with E-state index in [2.05, 4.69) is 15.4 Å². The fourth-order valence-corrected chi connectivity index (χ4v) is 2.32. The van der Waals surface area contributed by atoms with E-state index < -0.39 is 10.9 Å². The van der Waals surface area contributed by atoms with Crippen molar-refractivity contribution in [1.82, 2.24) is 0 Å². The molecule has 0 heterocycles. The minimum absolute atomic E-state index is 0.0580. The Morgan fingerprint density at radius 2 is 1.81 bits per heavy atom. The Hall–Kier alpha value is -3.42. The average Bonchev–Trinajstić information content (AvgIpc) is 2.61. The molecule has 136 valence electrons. The van der Waals surface area contributed by atoms with Crippen LogP contribution in [0.25, 0.3) is 0 Å². The van der Waals surface area contributed by atoms with E-state index in [1.165, 1.54) is 13.2 Å². The summed E-state index contributed by atoms with van der Waals surface area (Å²) in [6.45, 7) is 3.40. The lowest BCUT2D eigenvalue weighted by molar-refractivity contribution is -0.385. The summed E-state index contributed by atoms with van der Waals surface area (Å²) in [6, 6.07) is 9.48. The first kappa shape index (κ1) is 18.9. The largest absolute Gasteiger partial charge is 0.465 e. The van der Waals surface area contributed by atoms with Crippen LogP contribution < -0.4 is 10.6 Å². The van der Waals surface area contributed by atoms with Crippen molar-refractivity contribution >= 4 is 28.9 Å². The van der Waals surface area contributed by atoms with Gasteiger partial charge < -0.3 is 15.4 Å². The van der Waals surface area contributed by atoms with Gasteiger partial charge in [-0.2, -0.15) is 0 Å². The maximum Gasteiger partial charge on any atom is 0.337 e. The zero-order valence-electron chi connectivity index (χ0n) is 14.7. The molecule has 2 N–H and O–H groups in total. The van der Waals surface area contributed by atoms with Crippen molar-refractivity contribution < 1.29 is 19.2 Å². The zero-order chi connectivity index (χ0) is 19.3. The number of carbonyl (C=O) groups excluding carboxylic acids is 2. The first-order valence-corrected chi connectivity index (χ1v) is 7.79. The van der Waals surface area contributed by atoms with Crippen LogP contribution >= 0.6 is 0 Å². The van der Waals surface area contributed by atoms with E-state index in [0.717, 1.165) is 5.56 Å². The summed E-state index contributed by atoms with van der Waals surface area (Å²) in [7, 11) is 1.30. The molecule has 26 heavy (non-hydrogen) atoms. The molecule has 2 rings (SSSR count). The number of ether oxygens (including phenoxy) is 1. The summed E-state index contributed by atoms with van der Waals surface area (Å²) in [6.07, 6.45) is 0. The standard InChI is InChI=1S/C18H19N3O5/c1-11-4-6-13(18(23)26-3)8-15(11)19-10-17(22)20-14-7-5-12(2)16(9-14)21(24)25/h4-9,19H,10H2,1-3H3,(H,20,22). The van der Waals surface area contributed by atoms with Crippen LogP contribution in [0.3, 0.4) is 0 Å². The topological polar surface area (TPSA) is 111 Å². The number of nitrogens with one attached hydrogen (secondary N) is 2. The number of hydrogen-bond donors (Lipinski definition) is 2. The predicted molar refractivity (Wildman–Crippen MR) is 97.5 cm³/mol. The molecular weight excluding hydrogens is 338 g/mol. The normalized spacial score (nSPS) is 10.1. The number of nitrogens with zero attached hydrogens (tertiary/aromatic N) is 1. The number of esters is 1. The number of anilines is 2. The molecule has 0 aliphatic carbocycles. The summed E-state index contributed by atoms with van der Waals surface area (Å²) < 4.78 is 4.67. The van der Waals surface area contributed by atoms with E-state index in [4.69, 9.17) is 0 Å². The summed E-state index contributed by atoms with van der Waals surface area (Å²) in [5.41, 5.74) is 2.65. The highest BCUT2D eigenvalue weighted by atomic mass is 16.6. The van der Waals surface area contributed by atoms with Crippen molar-refractivity contribution in [2.75, 3.05) is 24.3 Å². The van der Waals surface area contributed by atoms with Crippen LogP contribution in [-0.4, -0.2) is 30.5 Å². The zero-order valence-corrected chi connectivity index (χ0v) is 14.7. The van der Waals surface area contributed by atoms with E-state index in [1.807, 2.05) is 6.92 Å². The maximum absolute atomic E-state index is 12.1. The second-order valence-corrected chi connectivity index (χ2v) is 5.68. The molecule has 0 aliphatic rings. The number of rotatable bonds is 6. The molecule has 2 aromatic carbocycles. The molecule has 0 saturated carbocycles. The Bertz CT molecular complexity index is 864. The SMILES string of the molecule is COC(=O)c1ccc(C)c(NCC(=O)Nc2ccc(C)c([N+](=O)[O-])c2)c1. The van der Waals surface area contributed by atoms with Gasteiger partial charge in [-0.1, -0.05) is 12.1 Å². The number of aryl methyl sites for hydroxylation is 2. The Morgan fingerprint density at radius 3 is 2.46 bits per heavy atom. The van der Waals surface area contributed by atoms with E-state index >= 15 is 0 Å². The Balaban J connectivity index is 2.04. The second kappa shape index (κ2) is 8.11. The van der Waals surface area contributed by atoms with Gasteiger partial charge in [0, 0.05) is 23.0 Å². The minimum Gasteiger partial charge on any atom is -0.465 e. The van der Waals surface area contributed by atoms with E-state index in [-0.39, 0.29) is 18.1 Å². The van der Waals surface area contributed by atoms with Crippen LogP contribution in [0.1, 0.15) is 21.5 Å². The van der Waals surface area contributed by atoms with Gasteiger partial charge in [-0.3, -0.25) is 14.9 Å². The van der Waals surface area contributed by atoms with Crippen molar-refractivity contribution in [2.24, 2.45) is 0 Å². The van der Waals surface area contributed by atoms with Crippen molar-refractivity contribution in [1.29, 1.82) is 0 Å². The van der Waals surface area contributed by atoms with Crippen molar-refractivity contribution in [3.05, 3.63) is 63.2 Å². The quantitative estimate of drug-likeness (QED) is 0.467. The lowest BCUT2D eigenvalue weighted by Crippen LogP contribution is -2.22. The van der Waals surface area contributed by atoms with Gasteiger partial charge in [0.05, 0.1) is 24.1 Å². The van der Waals surface area contributed by atoms with Crippen LogP contribution in [0.15, 0.2) is 36.4 Å². The van der Waals surface area contributed by atoms with Gasteiger partial charge in [0.2, 0.25) is 5.91 Å². The van der Waals surface area contributed by atoms with Crippen LogP contribution in [0.4, 0.5) is 17.1 Å². The number of carbonyl (C=O) groups is 2. The number of nitro groups is 1. The van der Waals surface area contributed by atoms with E-state index in [0.29, 0.717) is 22.5 Å². The third-order valence-electron chi connectivity index (χ3n) is 3.79. The van der Waals surface area contributed by atoms with Gasteiger partial charge in [0.15, 0.2) is 0 Å². The molecular formula is C18H19N3O5. The molecule has 8 nitrogen and oxygen atoms in total. The van der Waals surface area contributed by atoms with Crippen LogP contribution in [-0.2, 0) is 9.53 Å². The second-order valence-electron chi connectivity index (χ2n) is 5.68. The lowest BCUT2D eigenvalue weighted by atomic mass is 10.1. The molecule has 0 saturated heterocycles. The van der Waals surface area contributed by atoms with Gasteiger partial charge >= 0.3 is 5.97 Å². The molecule has 0 aromatic heterocycles. The van der Waals surface area contributed by atoms with Crippen LogP contribution in [0, 0.1) is 24.0 Å². The number of benzene rings is 2. The molecule has 0 spiro atoms. The Labute approximate surface area is 150 Å². The Kier molecular flexibility index (Phi) is 5.90. The van der Waals surface area contributed by atoms with Crippen molar-refractivity contribution in [2.45, 2.75) is 13.8 Å². The first-order valence-electron chi connectivity index (χ1n) is 7.79. The van der Waals surface area contributed by atoms with Gasteiger partial charge in [0.1, 0.15) is 0 Å². The monoisotopic (exact) mass is 357 g/mol. The van der Waals surface area contributed by atoms with Gasteiger partial charge in [-0.25, -0.2) is 4.79 Å². The van der Waals surface area contributed by atoms with Gasteiger partial charge in [-0.05, 0) is 37.6 Å². The minimum atomic E-state index is -0.495. The number of methoxy groups -OCH3 is 1. The van der Waals surface area contributed by atoms with E-state index in [9.17, 15) is 19.7 Å². The lowest BCUT2D eigenvalue weighted by Gasteiger charge is -2.11. The molecule has 2 aromatic rings. The smallest absolute Gasteiger partial charge is 0.337 e. The van der Waals surface area contributed by atoms with Crippen molar-refractivity contribution in [3.63, 3.8) is 0 Å². The molecule has 0 fully saturated rings. The number of amides is 1. The molecule has 1 amide bonds. The van der Waals surface area contributed by atoms with E-state index in [1.54, 1.807) is 37.3 Å². The fraction of sp³-hybridized carbons (Fsp3) is 0.222. The molecule has 8 heteroatoms. The van der Waals surface area contributed by atoms with Gasteiger partial charge in [-0.15, -0.1) is 0 Å². The van der Waals surface area contributed by atoms with Crippen molar-refractivity contribution in [3.8, 4) is 0 Å². The summed E-state index contributed by atoms with van der Waals surface area (Å²) in [5, 5.41) is 16.5. The molecule has 0 unspecified atom stereocenters. The fourth-order valence-electron chi connectivity index (χ4n) is 2.32. The highest BCUT2D eigenvalue weighted by molar-refractivity contribution is 5.95. The summed E-state index contributed by atoms with van der Waals surface area (Å²) in [4.78, 5) is 34.2. The highest BCUT2D eigenvalue weighted by Gasteiger charge is 2.13. The first-order chi connectivity index (χ1) is 12.3. The summed E-state index contributed by atoms with van der Waals surface area (Å²) in [5.74, 6) is -0.838. The highest BCUT2D eigenvalue weighted by Crippen LogP contribution is 2.22. The Morgan fingerprint density at radius 1 is 1.12 bits per heavy atom. The molecule has 0 radical (unpaired) electrons. The summed E-state index contributed by atoms with van der Waals surface area (Å²) >= 11 is 0. The van der Waals surface area contributed by atoms with Crippen LogP contribution in [0.5, 0.6) is 0 Å². The average molecular weight is 357 g/mol. The molecule has 0 aliphatic heterocycles.